The number of aromatic nitrogens is 1. The molecule has 2 heterocycles. The van der Waals surface area contributed by atoms with Gasteiger partial charge in [0, 0.05) is 24.1 Å². The van der Waals surface area contributed by atoms with Crippen LogP contribution >= 0.6 is 0 Å². The Balaban J connectivity index is 1.70. The maximum Gasteiger partial charge on any atom is 0.287 e. The molecule has 4 rings (SSSR count). The minimum absolute atomic E-state index is 0.0739. The number of benzene rings is 1. The number of aryl methyl sites for hydroxylation is 1. The first-order valence-electron chi connectivity index (χ1n) is 12.4. The second-order valence-corrected chi connectivity index (χ2v) is 9.17. The van der Waals surface area contributed by atoms with Crippen LogP contribution in [0.3, 0.4) is 0 Å². The monoisotopic (exact) mass is 488 g/mol. The molecule has 8 heteroatoms. The van der Waals surface area contributed by atoms with E-state index < -0.39 is 17.9 Å². The third-order valence-electron chi connectivity index (χ3n) is 6.73. The molecule has 1 saturated carbocycles. The number of furan rings is 1. The van der Waals surface area contributed by atoms with Crippen molar-refractivity contribution in [2.75, 3.05) is 11.4 Å². The fourth-order valence-corrected chi connectivity index (χ4v) is 4.64. The van der Waals surface area contributed by atoms with Gasteiger partial charge in [0.2, 0.25) is 11.8 Å². The molecule has 1 aliphatic carbocycles. The van der Waals surface area contributed by atoms with Crippen molar-refractivity contribution in [3.8, 4) is 0 Å². The van der Waals surface area contributed by atoms with E-state index in [0.717, 1.165) is 36.8 Å². The molecule has 0 radical (unpaired) electrons. The summed E-state index contributed by atoms with van der Waals surface area (Å²) in [4.78, 5) is 45.7. The van der Waals surface area contributed by atoms with Gasteiger partial charge in [-0.1, -0.05) is 31.4 Å². The van der Waals surface area contributed by atoms with E-state index in [0.29, 0.717) is 11.3 Å². The largest absolute Gasteiger partial charge is 0.459 e. The topological polar surface area (TPSA) is 105 Å². The molecule has 0 spiro atoms. The summed E-state index contributed by atoms with van der Waals surface area (Å²) < 4.78 is 5.14. The Morgan fingerprint density at radius 3 is 2.47 bits per heavy atom. The SMILES string of the molecule is Cc1cccc(N(C(=O)CNC(=O)c2ccco2)[C@@H](C(=O)NC2CCCCC2)c2ccncc2)c1C. The summed E-state index contributed by atoms with van der Waals surface area (Å²) in [6.45, 7) is 3.59. The van der Waals surface area contributed by atoms with Crippen LogP contribution in [0, 0.1) is 13.8 Å². The van der Waals surface area contributed by atoms with Crippen molar-refractivity contribution >= 4 is 23.4 Å². The van der Waals surface area contributed by atoms with E-state index in [2.05, 4.69) is 15.6 Å². The Morgan fingerprint density at radius 2 is 1.78 bits per heavy atom. The summed E-state index contributed by atoms with van der Waals surface area (Å²) in [5.74, 6) is -1.05. The zero-order valence-corrected chi connectivity index (χ0v) is 20.7. The first kappa shape index (κ1) is 25.2. The maximum absolute atomic E-state index is 13.8. The van der Waals surface area contributed by atoms with Crippen molar-refractivity contribution in [2.45, 2.75) is 58.0 Å². The van der Waals surface area contributed by atoms with Gasteiger partial charge in [0.15, 0.2) is 5.76 Å². The molecule has 2 N–H and O–H groups in total. The van der Waals surface area contributed by atoms with Crippen LogP contribution in [0.1, 0.15) is 65.4 Å². The van der Waals surface area contributed by atoms with Crippen LogP contribution in [-0.2, 0) is 9.59 Å². The zero-order chi connectivity index (χ0) is 25.5. The van der Waals surface area contributed by atoms with E-state index in [1.165, 1.54) is 23.7 Å². The standard InChI is InChI=1S/C28H32N4O4/c1-19-8-6-11-23(20(19)2)32(25(33)18-30-27(34)24-12-7-17-36-24)26(21-13-15-29-16-14-21)28(35)31-22-9-4-3-5-10-22/h6-8,11-17,22,26H,3-5,9-10,18H2,1-2H3,(H,30,34)(H,31,35)/t26-/m1/s1. The first-order valence-corrected chi connectivity index (χ1v) is 12.4. The molecular formula is C28H32N4O4. The molecule has 3 amide bonds. The number of rotatable bonds is 8. The van der Waals surface area contributed by atoms with Gasteiger partial charge in [0.25, 0.3) is 5.91 Å². The number of hydrogen-bond acceptors (Lipinski definition) is 5. The molecule has 0 bridgehead atoms. The van der Waals surface area contributed by atoms with Gasteiger partial charge in [-0.05, 0) is 73.7 Å². The summed E-state index contributed by atoms with van der Waals surface area (Å²) in [5, 5.41) is 5.82. The van der Waals surface area contributed by atoms with Crippen LogP contribution in [0.25, 0.3) is 0 Å². The highest BCUT2D eigenvalue weighted by Gasteiger charge is 2.35. The van der Waals surface area contributed by atoms with Gasteiger partial charge in [-0.2, -0.15) is 0 Å². The van der Waals surface area contributed by atoms with Crippen LogP contribution in [0.5, 0.6) is 0 Å². The molecule has 36 heavy (non-hydrogen) atoms. The van der Waals surface area contributed by atoms with Crippen LogP contribution in [-0.4, -0.2) is 35.3 Å². The molecule has 1 aliphatic rings. The molecule has 1 aromatic carbocycles. The van der Waals surface area contributed by atoms with Gasteiger partial charge in [-0.3, -0.25) is 24.3 Å². The number of nitrogens with zero attached hydrogens (tertiary/aromatic N) is 2. The smallest absolute Gasteiger partial charge is 0.287 e. The molecule has 0 aliphatic heterocycles. The number of hydrogen-bond donors (Lipinski definition) is 2. The van der Waals surface area contributed by atoms with Crippen molar-refractivity contribution in [1.82, 2.24) is 15.6 Å². The molecule has 0 saturated heterocycles. The van der Waals surface area contributed by atoms with Crippen molar-refractivity contribution in [3.05, 3.63) is 83.6 Å². The lowest BCUT2D eigenvalue weighted by Gasteiger charge is -2.34. The summed E-state index contributed by atoms with van der Waals surface area (Å²) in [7, 11) is 0. The quantitative estimate of drug-likeness (QED) is 0.493. The Hall–Kier alpha value is -3.94. The molecule has 8 nitrogen and oxygen atoms in total. The molecule has 188 valence electrons. The Labute approximate surface area is 211 Å². The summed E-state index contributed by atoms with van der Waals surface area (Å²) >= 11 is 0. The average molecular weight is 489 g/mol. The first-order chi connectivity index (χ1) is 17.5. The van der Waals surface area contributed by atoms with E-state index in [1.54, 1.807) is 30.6 Å². The zero-order valence-electron chi connectivity index (χ0n) is 20.7. The molecule has 0 unspecified atom stereocenters. The van der Waals surface area contributed by atoms with Gasteiger partial charge in [0.05, 0.1) is 12.8 Å². The Bertz CT molecular complexity index is 1190. The molecule has 1 atom stereocenters. The van der Waals surface area contributed by atoms with Gasteiger partial charge in [-0.25, -0.2) is 0 Å². The number of amides is 3. The average Bonchev–Trinajstić information content (AvgIpc) is 3.44. The molecule has 2 aromatic heterocycles. The van der Waals surface area contributed by atoms with Crippen LogP contribution < -0.4 is 15.5 Å². The van der Waals surface area contributed by atoms with Gasteiger partial charge in [0.1, 0.15) is 6.04 Å². The van der Waals surface area contributed by atoms with Gasteiger partial charge < -0.3 is 15.1 Å². The number of nitrogens with one attached hydrogen (secondary N) is 2. The number of anilines is 1. The van der Waals surface area contributed by atoms with E-state index >= 15 is 0 Å². The predicted octanol–water partition coefficient (Wildman–Crippen LogP) is 4.24. The minimum Gasteiger partial charge on any atom is -0.459 e. The second-order valence-electron chi connectivity index (χ2n) is 9.17. The fraction of sp³-hybridized carbons (Fsp3) is 0.357. The minimum atomic E-state index is -0.927. The van der Waals surface area contributed by atoms with Crippen molar-refractivity contribution in [1.29, 1.82) is 0 Å². The van der Waals surface area contributed by atoms with E-state index in [4.69, 9.17) is 4.42 Å². The molecular weight excluding hydrogens is 456 g/mol. The maximum atomic E-state index is 13.8. The van der Waals surface area contributed by atoms with Gasteiger partial charge >= 0.3 is 0 Å². The van der Waals surface area contributed by atoms with E-state index in [9.17, 15) is 14.4 Å². The second kappa shape index (κ2) is 11.7. The molecule has 1 fully saturated rings. The highest BCUT2D eigenvalue weighted by Crippen LogP contribution is 2.32. The van der Waals surface area contributed by atoms with Crippen LogP contribution in [0.2, 0.25) is 0 Å². The predicted molar refractivity (Wildman–Crippen MR) is 136 cm³/mol. The van der Waals surface area contributed by atoms with Crippen LogP contribution in [0.4, 0.5) is 5.69 Å². The van der Waals surface area contributed by atoms with Crippen LogP contribution in [0.15, 0.2) is 65.5 Å². The summed E-state index contributed by atoms with van der Waals surface area (Å²) in [6, 6.07) is 11.4. The van der Waals surface area contributed by atoms with Crippen molar-refractivity contribution < 1.29 is 18.8 Å². The van der Waals surface area contributed by atoms with Crippen molar-refractivity contribution in [2.24, 2.45) is 0 Å². The summed E-state index contributed by atoms with van der Waals surface area (Å²) in [5.41, 5.74) is 3.14. The highest BCUT2D eigenvalue weighted by atomic mass is 16.3. The lowest BCUT2D eigenvalue weighted by atomic mass is 9.94. The van der Waals surface area contributed by atoms with E-state index in [1.807, 2.05) is 32.0 Å². The highest BCUT2D eigenvalue weighted by molar-refractivity contribution is 6.04. The van der Waals surface area contributed by atoms with Crippen molar-refractivity contribution in [3.63, 3.8) is 0 Å². The number of carbonyl (C=O) groups is 3. The third-order valence-corrected chi connectivity index (χ3v) is 6.73. The van der Waals surface area contributed by atoms with Gasteiger partial charge in [-0.15, -0.1) is 0 Å². The Kier molecular flexibility index (Phi) is 8.15. The Morgan fingerprint density at radius 1 is 1.03 bits per heavy atom. The lowest BCUT2D eigenvalue weighted by molar-refractivity contribution is -0.127. The molecule has 3 aromatic rings. The van der Waals surface area contributed by atoms with E-state index in [-0.39, 0.29) is 24.3 Å². The summed E-state index contributed by atoms with van der Waals surface area (Å²) in [6.07, 6.45) is 9.78. The lowest BCUT2D eigenvalue weighted by Crippen LogP contribution is -2.50. The number of carbonyl (C=O) groups excluding carboxylic acids is 3. The third kappa shape index (κ3) is 5.82. The fourth-order valence-electron chi connectivity index (χ4n) is 4.64. The normalized spacial score (nSPS) is 14.6. The number of pyridine rings is 1.